The molecular formula is C23H21N5O2. The first-order valence-electron chi connectivity index (χ1n) is 9.50. The third kappa shape index (κ3) is 3.13. The van der Waals surface area contributed by atoms with Crippen molar-refractivity contribution >= 4 is 39.2 Å². The van der Waals surface area contributed by atoms with Crippen LogP contribution in [-0.4, -0.2) is 20.6 Å². The second-order valence-corrected chi connectivity index (χ2v) is 7.20. The van der Waals surface area contributed by atoms with Crippen molar-refractivity contribution in [2.45, 2.75) is 27.1 Å². The first-order chi connectivity index (χ1) is 14.4. The van der Waals surface area contributed by atoms with Crippen LogP contribution < -0.4 is 10.6 Å². The number of aliphatic hydroxyl groups excluding tert-OH is 1. The highest BCUT2D eigenvalue weighted by Crippen LogP contribution is 2.31. The largest absolute Gasteiger partial charge is 0.383 e. The van der Waals surface area contributed by atoms with Crippen LogP contribution in [0.4, 0.5) is 11.5 Å². The van der Waals surface area contributed by atoms with Crippen molar-refractivity contribution in [2.24, 2.45) is 0 Å². The van der Waals surface area contributed by atoms with Gasteiger partial charge in [-0.2, -0.15) is 5.26 Å². The predicted molar refractivity (Wildman–Crippen MR) is 117 cm³/mol. The Labute approximate surface area is 173 Å². The Kier molecular flexibility index (Phi) is 4.86. The molecule has 0 saturated heterocycles. The van der Waals surface area contributed by atoms with E-state index in [1.165, 1.54) is 6.92 Å². The summed E-state index contributed by atoms with van der Waals surface area (Å²) in [5.41, 5.74) is 9.79. The average Bonchev–Trinajstić information content (AvgIpc) is 3.07. The topological polar surface area (TPSA) is 108 Å². The molecule has 1 amide bonds. The number of nitrogens with zero attached hydrogens (tertiary/aromatic N) is 4. The number of nitrogen functional groups attached to an aromatic ring is 1. The summed E-state index contributed by atoms with van der Waals surface area (Å²) in [5.74, 6) is 0.217. The number of amides is 1. The lowest BCUT2D eigenvalue weighted by Gasteiger charge is -2.23. The molecule has 0 unspecified atom stereocenters. The molecule has 0 bridgehead atoms. The van der Waals surface area contributed by atoms with E-state index in [0.29, 0.717) is 28.3 Å². The zero-order valence-corrected chi connectivity index (χ0v) is 16.8. The van der Waals surface area contributed by atoms with Gasteiger partial charge in [0, 0.05) is 18.0 Å². The minimum absolute atomic E-state index is 0.179. The van der Waals surface area contributed by atoms with Crippen molar-refractivity contribution in [1.82, 2.24) is 9.55 Å². The molecule has 4 rings (SSSR count). The van der Waals surface area contributed by atoms with Gasteiger partial charge < -0.3 is 20.3 Å². The fourth-order valence-electron chi connectivity index (χ4n) is 3.77. The van der Waals surface area contributed by atoms with Crippen LogP contribution in [0.3, 0.4) is 0 Å². The lowest BCUT2D eigenvalue weighted by Crippen LogP contribution is -2.29. The Balaban J connectivity index is 1.86. The van der Waals surface area contributed by atoms with Gasteiger partial charge in [-0.15, -0.1) is 0 Å². The van der Waals surface area contributed by atoms with Gasteiger partial charge in [-0.05, 0) is 36.1 Å². The molecule has 2 heterocycles. The quantitative estimate of drug-likeness (QED) is 0.546. The number of nitrogens with two attached hydrogens (primary N) is 1. The molecule has 30 heavy (non-hydrogen) atoms. The van der Waals surface area contributed by atoms with Crippen LogP contribution in [0.1, 0.15) is 23.7 Å². The van der Waals surface area contributed by atoms with Crippen LogP contribution in [0.5, 0.6) is 0 Å². The van der Waals surface area contributed by atoms with Gasteiger partial charge >= 0.3 is 0 Å². The SMILES string of the molecule is CC(=O)N(Cc1cc2nc(N)c(C)cc2n1CO)c1ccc2ccccc2c1C#N. The molecule has 2 aromatic heterocycles. The van der Waals surface area contributed by atoms with E-state index in [1.54, 1.807) is 15.5 Å². The maximum atomic E-state index is 12.6. The zero-order chi connectivity index (χ0) is 21.4. The highest BCUT2D eigenvalue weighted by Gasteiger charge is 2.21. The monoisotopic (exact) mass is 399 g/mol. The normalized spacial score (nSPS) is 11.0. The molecule has 7 nitrogen and oxygen atoms in total. The van der Waals surface area contributed by atoms with E-state index in [4.69, 9.17) is 5.73 Å². The van der Waals surface area contributed by atoms with Gasteiger partial charge in [0.15, 0.2) is 0 Å². The number of carbonyl (C=O) groups is 1. The summed E-state index contributed by atoms with van der Waals surface area (Å²) in [7, 11) is 0. The van der Waals surface area contributed by atoms with Crippen LogP contribution in [0.15, 0.2) is 48.5 Å². The van der Waals surface area contributed by atoms with E-state index in [1.807, 2.05) is 49.4 Å². The minimum atomic E-state index is -0.265. The number of aromatic nitrogens is 2. The second-order valence-electron chi connectivity index (χ2n) is 7.20. The van der Waals surface area contributed by atoms with Crippen molar-refractivity contribution in [2.75, 3.05) is 10.6 Å². The molecule has 0 aliphatic rings. The third-order valence-corrected chi connectivity index (χ3v) is 5.35. The fraction of sp³-hybridized carbons (Fsp3) is 0.174. The van der Waals surface area contributed by atoms with Crippen LogP contribution >= 0.6 is 0 Å². The highest BCUT2D eigenvalue weighted by atomic mass is 16.3. The van der Waals surface area contributed by atoms with Crippen molar-refractivity contribution < 1.29 is 9.90 Å². The van der Waals surface area contributed by atoms with Crippen LogP contribution in [0.25, 0.3) is 21.8 Å². The maximum absolute atomic E-state index is 12.6. The second kappa shape index (κ2) is 7.50. The summed E-state index contributed by atoms with van der Waals surface area (Å²) in [6.07, 6.45) is 0. The van der Waals surface area contributed by atoms with E-state index in [2.05, 4.69) is 11.1 Å². The Morgan fingerprint density at radius 3 is 2.73 bits per heavy atom. The van der Waals surface area contributed by atoms with Gasteiger partial charge in [0.25, 0.3) is 0 Å². The van der Waals surface area contributed by atoms with Gasteiger partial charge in [0.1, 0.15) is 18.6 Å². The lowest BCUT2D eigenvalue weighted by atomic mass is 10.0. The predicted octanol–water partition coefficient (Wildman–Crippen LogP) is 3.45. The number of anilines is 2. The highest BCUT2D eigenvalue weighted by molar-refractivity contribution is 5.99. The van der Waals surface area contributed by atoms with Crippen molar-refractivity contribution in [3.63, 3.8) is 0 Å². The number of nitriles is 1. The third-order valence-electron chi connectivity index (χ3n) is 5.35. The average molecular weight is 399 g/mol. The van der Waals surface area contributed by atoms with Crippen LogP contribution in [0.2, 0.25) is 0 Å². The molecule has 3 N–H and O–H groups in total. The van der Waals surface area contributed by atoms with Crippen LogP contribution in [-0.2, 0) is 18.1 Å². The van der Waals surface area contributed by atoms with E-state index in [0.717, 1.165) is 21.9 Å². The molecule has 0 spiro atoms. The Bertz CT molecular complexity index is 1330. The number of hydrogen-bond acceptors (Lipinski definition) is 5. The number of benzene rings is 2. The molecular weight excluding hydrogens is 378 g/mol. The molecule has 150 valence electrons. The number of pyridine rings is 1. The smallest absolute Gasteiger partial charge is 0.224 e. The van der Waals surface area contributed by atoms with E-state index < -0.39 is 0 Å². The van der Waals surface area contributed by atoms with Gasteiger partial charge in [-0.3, -0.25) is 4.79 Å². The van der Waals surface area contributed by atoms with Crippen LogP contribution in [0, 0.1) is 18.3 Å². The van der Waals surface area contributed by atoms with Gasteiger partial charge in [-0.25, -0.2) is 4.98 Å². The summed E-state index contributed by atoms with van der Waals surface area (Å²) in [5, 5.41) is 21.5. The standard InChI is InChI=1S/C23H21N5O2/c1-14-9-22-20(26-23(14)25)10-17(28(22)13-29)12-27(15(2)30)21-8-7-16-5-3-4-6-18(16)19(21)11-24/h3-10,29H,12-13H2,1-2H3,(H2,25,26). The zero-order valence-electron chi connectivity index (χ0n) is 16.8. The number of carbonyl (C=O) groups excluding carboxylic acids is 1. The fourth-order valence-corrected chi connectivity index (χ4v) is 3.77. The van der Waals surface area contributed by atoms with E-state index in [-0.39, 0.29) is 19.2 Å². The number of aliphatic hydroxyl groups is 1. The Hall–Kier alpha value is -3.89. The maximum Gasteiger partial charge on any atom is 0.224 e. The molecule has 4 aromatic rings. The molecule has 0 radical (unpaired) electrons. The number of rotatable bonds is 4. The summed E-state index contributed by atoms with van der Waals surface area (Å²) < 4.78 is 1.69. The van der Waals surface area contributed by atoms with E-state index in [9.17, 15) is 15.2 Å². The molecule has 0 atom stereocenters. The molecule has 0 aliphatic heterocycles. The lowest BCUT2D eigenvalue weighted by molar-refractivity contribution is -0.116. The van der Waals surface area contributed by atoms with Gasteiger partial charge in [-0.1, -0.05) is 30.3 Å². The van der Waals surface area contributed by atoms with E-state index >= 15 is 0 Å². The van der Waals surface area contributed by atoms with Gasteiger partial charge in [0.05, 0.1) is 28.8 Å². The Morgan fingerprint density at radius 2 is 2.03 bits per heavy atom. The van der Waals surface area contributed by atoms with Crippen molar-refractivity contribution in [3.8, 4) is 6.07 Å². The number of hydrogen-bond donors (Lipinski definition) is 2. The first kappa shape index (κ1) is 19.4. The summed E-state index contributed by atoms with van der Waals surface area (Å²) >= 11 is 0. The molecule has 0 saturated carbocycles. The molecule has 2 aromatic carbocycles. The molecule has 0 fully saturated rings. The van der Waals surface area contributed by atoms with Crippen molar-refractivity contribution in [3.05, 3.63) is 65.4 Å². The first-order valence-corrected chi connectivity index (χ1v) is 9.50. The summed E-state index contributed by atoms with van der Waals surface area (Å²) in [4.78, 5) is 18.5. The number of fused-ring (bicyclic) bond motifs is 2. The number of aryl methyl sites for hydroxylation is 1. The molecule has 0 aliphatic carbocycles. The summed E-state index contributed by atoms with van der Waals surface area (Å²) in [6.45, 7) is 3.23. The Morgan fingerprint density at radius 1 is 1.27 bits per heavy atom. The van der Waals surface area contributed by atoms with Gasteiger partial charge in [0.2, 0.25) is 5.91 Å². The minimum Gasteiger partial charge on any atom is -0.383 e. The summed E-state index contributed by atoms with van der Waals surface area (Å²) in [6, 6.07) is 17.2. The van der Waals surface area contributed by atoms with Crippen molar-refractivity contribution in [1.29, 1.82) is 5.26 Å². The molecule has 7 heteroatoms.